The Balaban J connectivity index is 0. The predicted molar refractivity (Wildman–Crippen MR) is 73.5 cm³/mol. The second-order valence-corrected chi connectivity index (χ2v) is 6.93. The molecule has 3 N–H and O–H groups in total. The van der Waals surface area contributed by atoms with E-state index in [4.69, 9.17) is 15.0 Å². The van der Waals surface area contributed by atoms with Gasteiger partial charge in [0.1, 0.15) is 6.54 Å². The van der Waals surface area contributed by atoms with Gasteiger partial charge in [0.2, 0.25) is 0 Å². The lowest BCUT2D eigenvalue weighted by molar-refractivity contribution is -0.873. The van der Waals surface area contributed by atoms with Crippen molar-refractivity contribution in [1.29, 1.82) is 0 Å². The van der Waals surface area contributed by atoms with E-state index in [2.05, 4.69) is 0 Å². The minimum atomic E-state index is -3.80. The van der Waals surface area contributed by atoms with E-state index in [9.17, 15) is 23.1 Å². The molecule has 0 radical (unpaired) electrons. The number of esters is 1. The molecule has 0 rings (SSSR count). The Morgan fingerprint density at radius 2 is 1.81 bits per heavy atom. The van der Waals surface area contributed by atoms with Crippen molar-refractivity contribution in [3.05, 3.63) is 0 Å². The Kier molecular flexibility index (Phi) is 10.1. The number of hydrogen-bond acceptors (Lipinski definition) is 7. The number of carbonyl (C=O) groups is 2. The number of ether oxygens (including phenoxy) is 1. The highest BCUT2D eigenvalue weighted by Crippen LogP contribution is 2.04. The highest BCUT2D eigenvalue weighted by Gasteiger charge is 2.20. The van der Waals surface area contributed by atoms with Gasteiger partial charge < -0.3 is 24.9 Å². The molecule has 0 heterocycles. The van der Waals surface area contributed by atoms with Gasteiger partial charge in [0.15, 0.2) is 6.10 Å². The summed E-state index contributed by atoms with van der Waals surface area (Å²) in [5.41, 5.74) is 4.78. The molecule has 0 saturated carbocycles. The summed E-state index contributed by atoms with van der Waals surface area (Å²) in [4.78, 5) is 21.0. The van der Waals surface area contributed by atoms with E-state index in [1.54, 1.807) is 0 Å². The van der Waals surface area contributed by atoms with Gasteiger partial charge in [-0.25, -0.2) is 0 Å². The molecule has 0 aliphatic heterocycles. The van der Waals surface area contributed by atoms with Crippen LogP contribution in [0.2, 0.25) is 0 Å². The molecule has 0 aromatic heterocycles. The Morgan fingerprint density at radius 1 is 1.33 bits per heavy atom. The summed E-state index contributed by atoms with van der Waals surface area (Å²) in [6.07, 6.45) is -0.868. The Labute approximate surface area is 125 Å². The fourth-order valence-electron chi connectivity index (χ4n) is 1.32. The summed E-state index contributed by atoms with van der Waals surface area (Å²) in [7, 11) is 1.88. The first-order valence-electron chi connectivity index (χ1n) is 6.09. The second-order valence-electron chi connectivity index (χ2n) is 5.36. The zero-order valence-electron chi connectivity index (χ0n) is 12.7. The van der Waals surface area contributed by atoms with Crippen molar-refractivity contribution in [2.75, 3.05) is 40.0 Å². The summed E-state index contributed by atoms with van der Waals surface area (Å²) >= 11 is 0. The van der Waals surface area contributed by atoms with Gasteiger partial charge in [-0.3, -0.25) is 9.35 Å². The van der Waals surface area contributed by atoms with Crippen LogP contribution >= 0.6 is 0 Å². The molecular weight excluding hydrogens is 304 g/mol. The quantitative estimate of drug-likeness (QED) is 0.298. The van der Waals surface area contributed by atoms with Crippen LogP contribution in [0, 0.1) is 0 Å². The lowest BCUT2D eigenvalue weighted by Crippen LogP contribution is -2.45. The summed E-state index contributed by atoms with van der Waals surface area (Å²) < 4.78 is 32.7. The summed E-state index contributed by atoms with van der Waals surface area (Å²) in [6.45, 7) is 1.68. The summed E-state index contributed by atoms with van der Waals surface area (Å²) in [5, 5.41) is 10.4. The normalized spacial score (nSPS) is 12.9. The van der Waals surface area contributed by atoms with Crippen molar-refractivity contribution in [3.8, 4) is 0 Å². The van der Waals surface area contributed by atoms with Crippen molar-refractivity contribution in [2.45, 2.75) is 19.4 Å². The maximum Gasteiger partial charge on any atom is 0.303 e. The number of carbonyl (C=O) groups excluding carboxylic acids is 2. The van der Waals surface area contributed by atoms with E-state index in [0.29, 0.717) is 11.0 Å². The number of nitrogens with zero attached hydrogens (tertiary/aromatic N) is 1. The maximum atomic E-state index is 10.7. The fourth-order valence-corrected chi connectivity index (χ4v) is 1.62. The maximum absolute atomic E-state index is 10.7. The zero-order chi connectivity index (χ0) is 17.3. The number of carboxylic acid groups (broad SMARTS) is 1. The molecule has 0 aromatic carbocycles. The number of hydrogen-bond donors (Lipinski definition) is 2. The van der Waals surface area contributed by atoms with Crippen LogP contribution in [-0.4, -0.2) is 75.5 Å². The van der Waals surface area contributed by atoms with E-state index >= 15 is 0 Å². The van der Waals surface area contributed by atoms with Crippen LogP contribution in [0.5, 0.6) is 0 Å². The molecule has 0 spiro atoms. The lowest BCUT2D eigenvalue weighted by Gasteiger charge is -2.28. The van der Waals surface area contributed by atoms with Crippen LogP contribution in [0.25, 0.3) is 0 Å². The molecule has 0 saturated heterocycles. The molecule has 0 aliphatic rings. The first-order valence-corrected chi connectivity index (χ1v) is 7.70. The number of aliphatic carboxylic acids is 1. The van der Waals surface area contributed by atoms with E-state index in [1.165, 1.54) is 6.92 Å². The van der Waals surface area contributed by atoms with Gasteiger partial charge in [0.25, 0.3) is 10.1 Å². The van der Waals surface area contributed by atoms with Crippen molar-refractivity contribution in [2.24, 2.45) is 5.73 Å². The average Bonchev–Trinajstić information content (AvgIpc) is 2.10. The lowest BCUT2D eigenvalue weighted by atomic mass is 10.2. The third-order valence-corrected chi connectivity index (χ3v) is 2.61. The molecule has 0 aliphatic carbocycles. The first kappa shape index (κ1) is 22.1. The van der Waals surface area contributed by atoms with Crippen LogP contribution in [0.4, 0.5) is 0 Å². The largest absolute Gasteiger partial charge is 0.550 e. The third-order valence-electron chi connectivity index (χ3n) is 1.85. The number of carboxylic acids is 1. The first-order chi connectivity index (χ1) is 9.26. The third kappa shape index (κ3) is 21.2. The van der Waals surface area contributed by atoms with Crippen LogP contribution in [0.1, 0.15) is 13.3 Å². The number of rotatable bonds is 7. The molecule has 126 valence electrons. The SMILES string of the molecule is CC(=O)O[C@H](CC(=O)[O-])C[N+](C)(C)C.NCCS(=O)(=O)O. The highest BCUT2D eigenvalue weighted by atomic mass is 32.2. The minimum Gasteiger partial charge on any atom is -0.550 e. The summed E-state index contributed by atoms with van der Waals surface area (Å²) in [6, 6.07) is 0. The molecule has 0 amide bonds. The van der Waals surface area contributed by atoms with Crippen molar-refractivity contribution in [3.63, 3.8) is 0 Å². The topological polar surface area (TPSA) is 147 Å². The van der Waals surface area contributed by atoms with Crippen molar-refractivity contribution in [1.82, 2.24) is 0 Å². The molecule has 1 atom stereocenters. The van der Waals surface area contributed by atoms with E-state index in [1.807, 2.05) is 21.1 Å². The number of nitrogens with two attached hydrogens (primary N) is 1. The zero-order valence-corrected chi connectivity index (χ0v) is 13.6. The Morgan fingerprint density at radius 3 is 2.00 bits per heavy atom. The summed E-state index contributed by atoms with van der Waals surface area (Å²) in [5.74, 6) is -2.03. The number of likely N-dealkylation sites (N-methyl/N-ethyl adjacent to an activating group) is 1. The fraction of sp³-hybridized carbons (Fsp3) is 0.818. The van der Waals surface area contributed by atoms with Crippen LogP contribution < -0.4 is 10.8 Å². The number of quaternary nitrogens is 1. The Bertz CT molecular complexity index is 412. The second kappa shape index (κ2) is 9.66. The molecule has 10 heteroatoms. The minimum absolute atomic E-state index is 0.0289. The van der Waals surface area contributed by atoms with Gasteiger partial charge in [-0.2, -0.15) is 8.42 Å². The van der Waals surface area contributed by atoms with Gasteiger partial charge >= 0.3 is 5.97 Å². The predicted octanol–water partition coefficient (Wildman–Crippen LogP) is -2.40. The molecule has 0 unspecified atom stereocenters. The van der Waals surface area contributed by atoms with E-state index in [0.717, 1.165) is 0 Å². The van der Waals surface area contributed by atoms with Gasteiger partial charge in [0, 0.05) is 25.9 Å². The van der Waals surface area contributed by atoms with Crippen LogP contribution in [0.3, 0.4) is 0 Å². The highest BCUT2D eigenvalue weighted by molar-refractivity contribution is 7.85. The molecule has 0 aromatic rings. The van der Waals surface area contributed by atoms with Crippen LogP contribution in [-0.2, 0) is 24.4 Å². The average molecular weight is 328 g/mol. The molecule has 0 fully saturated rings. The van der Waals surface area contributed by atoms with Gasteiger partial charge in [-0.1, -0.05) is 0 Å². The van der Waals surface area contributed by atoms with Gasteiger partial charge in [-0.15, -0.1) is 0 Å². The van der Waals surface area contributed by atoms with Crippen molar-refractivity contribution < 1.29 is 36.9 Å². The smallest absolute Gasteiger partial charge is 0.303 e. The monoisotopic (exact) mass is 328 g/mol. The molecule has 21 heavy (non-hydrogen) atoms. The van der Waals surface area contributed by atoms with Crippen LogP contribution in [0.15, 0.2) is 0 Å². The van der Waals surface area contributed by atoms with Gasteiger partial charge in [0.05, 0.1) is 26.9 Å². The van der Waals surface area contributed by atoms with E-state index in [-0.39, 0.29) is 18.7 Å². The molecule has 0 bridgehead atoms. The van der Waals surface area contributed by atoms with E-state index < -0.39 is 28.2 Å². The Hall–Kier alpha value is -1.23. The standard InChI is InChI=1S/C9H17NO4.C2H7NO3S/c1-7(11)14-8(5-9(12)13)6-10(2,3)4;3-1-2-7(4,5)6/h8H,5-6H2,1-4H3;1-3H2,(H,4,5,6)/t8-;/m1./s1. The molecular formula is C11H24N2O7S. The van der Waals surface area contributed by atoms with Gasteiger partial charge in [-0.05, 0) is 0 Å². The van der Waals surface area contributed by atoms with Crippen molar-refractivity contribution >= 4 is 22.1 Å². The molecule has 9 nitrogen and oxygen atoms in total.